The van der Waals surface area contributed by atoms with Crippen molar-refractivity contribution in [2.24, 2.45) is 0 Å². The van der Waals surface area contributed by atoms with Gasteiger partial charge in [0.15, 0.2) is 0 Å². The average molecular weight is 370 g/mol. The molecule has 2 aliphatic rings. The lowest BCUT2D eigenvalue weighted by Crippen LogP contribution is -2.35. The van der Waals surface area contributed by atoms with E-state index < -0.39 is 10.0 Å². The molecule has 6 nitrogen and oxygen atoms in total. The quantitative estimate of drug-likeness (QED) is 0.778. The fourth-order valence-electron chi connectivity index (χ4n) is 3.65. The minimum atomic E-state index is -3.72. The van der Waals surface area contributed by atoms with E-state index in [1.54, 1.807) is 0 Å². The van der Waals surface area contributed by atoms with Gasteiger partial charge in [-0.25, -0.2) is 8.42 Å². The third-order valence-electron chi connectivity index (χ3n) is 4.85. The van der Waals surface area contributed by atoms with Gasteiger partial charge in [-0.3, -0.25) is 18.8 Å². The molecular formula is C19H18N2O4S. The van der Waals surface area contributed by atoms with Crippen molar-refractivity contribution in [1.82, 2.24) is 0 Å². The van der Waals surface area contributed by atoms with Crippen LogP contribution in [0.1, 0.15) is 25.3 Å². The van der Waals surface area contributed by atoms with Crippen molar-refractivity contribution in [3.05, 3.63) is 54.1 Å². The lowest BCUT2D eigenvalue weighted by molar-refractivity contribution is -0.121. The van der Waals surface area contributed by atoms with Gasteiger partial charge in [0, 0.05) is 18.9 Å². The molecule has 0 aromatic heterocycles. The SMILES string of the molecule is C[C@@H]1Cc2ccccc2N1S(=O)(=O)c1ccc(N2C(=O)CCC2=O)cc1. The highest BCUT2D eigenvalue weighted by Crippen LogP contribution is 2.36. The van der Waals surface area contributed by atoms with Crippen LogP contribution >= 0.6 is 0 Å². The molecule has 0 aliphatic carbocycles. The van der Waals surface area contributed by atoms with Crippen LogP contribution in [0.2, 0.25) is 0 Å². The zero-order chi connectivity index (χ0) is 18.5. The van der Waals surface area contributed by atoms with Crippen LogP contribution in [0.25, 0.3) is 0 Å². The number of benzene rings is 2. The molecule has 0 N–H and O–H groups in total. The Labute approximate surface area is 152 Å². The van der Waals surface area contributed by atoms with Crippen molar-refractivity contribution in [3.63, 3.8) is 0 Å². The number of hydrogen-bond acceptors (Lipinski definition) is 4. The Bertz CT molecular complexity index is 982. The van der Waals surface area contributed by atoms with Gasteiger partial charge in [0.1, 0.15) is 0 Å². The molecule has 2 amide bonds. The Kier molecular flexibility index (Phi) is 3.84. The molecule has 2 aromatic carbocycles. The van der Waals surface area contributed by atoms with Crippen molar-refractivity contribution in [2.45, 2.75) is 37.1 Å². The maximum absolute atomic E-state index is 13.1. The number of carbonyl (C=O) groups excluding carboxylic acids is 2. The summed E-state index contributed by atoms with van der Waals surface area (Å²) in [5.74, 6) is -0.514. The summed E-state index contributed by atoms with van der Waals surface area (Å²) in [6.45, 7) is 1.88. The number of hydrogen-bond donors (Lipinski definition) is 0. The van der Waals surface area contributed by atoms with Crippen molar-refractivity contribution >= 4 is 33.2 Å². The molecule has 0 radical (unpaired) electrons. The molecule has 26 heavy (non-hydrogen) atoms. The second-order valence-corrected chi connectivity index (χ2v) is 8.41. The number of para-hydroxylation sites is 1. The molecular weight excluding hydrogens is 352 g/mol. The molecule has 1 saturated heterocycles. The second kappa shape index (κ2) is 5.95. The number of nitrogens with zero attached hydrogens (tertiary/aromatic N) is 2. The first-order valence-corrected chi connectivity index (χ1v) is 9.92. The zero-order valence-corrected chi connectivity index (χ0v) is 15.1. The van der Waals surface area contributed by atoms with E-state index in [9.17, 15) is 18.0 Å². The molecule has 2 aromatic rings. The first kappa shape index (κ1) is 16.8. The van der Waals surface area contributed by atoms with Crippen molar-refractivity contribution in [1.29, 1.82) is 0 Å². The molecule has 1 atom stereocenters. The van der Waals surface area contributed by atoms with E-state index in [-0.39, 0.29) is 35.6 Å². The monoisotopic (exact) mass is 370 g/mol. The molecule has 2 aliphatic heterocycles. The van der Waals surface area contributed by atoms with Gasteiger partial charge in [0.2, 0.25) is 11.8 Å². The lowest BCUT2D eigenvalue weighted by Gasteiger charge is -2.24. The number of sulfonamides is 1. The number of imide groups is 1. The summed E-state index contributed by atoms with van der Waals surface area (Å²) in [6, 6.07) is 13.3. The van der Waals surface area contributed by atoms with E-state index in [2.05, 4.69) is 0 Å². The molecule has 0 bridgehead atoms. The maximum Gasteiger partial charge on any atom is 0.264 e. The van der Waals surface area contributed by atoms with E-state index in [4.69, 9.17) is 0 Å². The van der Waals surface area contributed by atoms with Crippen LogP contribution in [0.5, 0.6) is 0 Å². The van der Waals surface area contributed by atoms with Crippen molar-refractivity contribution < 1.29 is 18.0 Å². The van der Waals surface area contributed by atoms with E-state index in [0.717, 1.165) is 10.5 Å². The highest BCUT2D eigenvalue weighted by molar-refractivity contribution is 7.92. The van der Waals surface area contributed by atoms with Crippen molar-refractivity contribution in [3.8, 4) is 0 Å². The first-order valence-electron chi connectivity index (χ1n) is 8.48. The molecule has 134 valence electrons. The van der Waals surface area contributed by atoms with Gasteiger partial charge in [-0.1, -0.05) is 18.2 Å². The molecule has 7 heteroatoms. The Balaban J connectivity index is 1.69. The van der Waals surface area contributed by atoms with E-state index in [0.29, 0.717) is 17.8 Å². The molecule has 1 fully saturated rings. The topological polar surface area (TPSA) is 74.8 Å². The van der Waals surface area contributed by atoms with Crippen LogP contribution in [-0.2, 0) is 26.0 Å². The Morgan fingerprint density at radius 1 is 0.923 bits per heavy atom. The third kappa shape index (κ3) is 2.50. The summed E-state index contributed by atoms with van der Waals surface area (Å²) in [5.41, 5.74) is 2.12. The predicted octanol–water partition coefficient (Wildman–Crippen LogP) is 2.48. The fraction of sp³-hybridized carbons (Fsp3) is 0.263. The number of anilines is 2. The molecule has 2 heterocycles. The normalized spacial score (nSPS) is 20.0. The highest BCUT2D eigenvalue weighted by atomic mass is 32.2. The third-order valence-corrected chi connectivity index (χ3v) is 6.79. The zero-order valence-electron chi connectivity index (χ0n) is 14.3. The Morgan fingerprint density at radius 3 is 2.19 bits per heavy atom. The number of rotatable bonds is 3. The van der Waals surface area contributed by atoms with Gasteiger partial charge in [-0.2, -0.15) is 0 Å². The van der Waals surface area contributed by atoms with Crippen LogP contribution in [0.4, 0.5) is 11.4 Å². The van der Waals surface area contributed by atoms with Gasteiger partial charge < -0.3 is 0 Å². The molecule has 0 saturated carbocycles. The summed E-state index contributed by atoms with van der Waals surface area (Å²) in [6.07, 6.45) is 1.06. The summed E-state index contributed by atoms with van der Waals surface area (Å²) in [7, 11) is -3.72. The molecule has 0 unspecified atom stereocenters. The molecule has 4 rings (SSSR count). The summed E-state index contributed by atoms with van der Waals surface area (Å²) in [4.78, 5) is 24.9. The van der Waals surface area contributed by atoms with Crippen LogP contribution < -0.4 is 9.21 Å². The van der Waals surface area contributed by atoms with Gasteiger partial charge >= 0.3 is 0 Å². The summed E-state index contributed by atoms with van der Waals surface area (Å²) < 4.78 is 27.7. The second-order valence-electron chi connectivity index (χ2n) is 6.60. The molecule has 0 spiro atoms. The average Bonchev–Trinajstić information content (AvgIpc) is 3.13. The summed E-state index contributed by atoms with van der Waals surface area (Å²) >= 11 is 0. The highest BCUT2D eigenvalue weighted by Gasteiger charge is 2.36. The van der Waals surface area contributed by atoms with E-state index in [1.807, 2.05) is 31.2 Å². The van der Waals surface area contributed by atoms with Gasteiger partial charge in [-0.15, -0.1) is 0 Å². The lowest BCUT2D eigenvalue weighted by atomic mass is 10.1. The smallest absolute Gasteiger partial charge is 0.264 e. The fourth-order valence-corrected chi connectivity index (χ4v) is 5.34. The Morgan fingerprint density at radius 2 is 1.54 bits per heavy atom. The van der Waals surface area contributed by atoms with Crippen LogP contribution in [0.15, 0.2) is 53.4 Å². The van der Waals surface area contributed by atoms with E-state index >= 15 is 0 Å². The van der Waals surface area contributed by atoms with E-state index in [1.165, 1.54) is 28.6 Å². The van der Waals surface area contributed by atoms with Crippen molar-refractivity contribution in [2.75, 3.05) is 9.21 Å². The van der Waals surface area contributed by atoms with Crippen LogP contribution in [-0.4, -0.2) is 26.3 Å². The largest absolute Gasteiger partial charge is 0.274 e. The van der Waals surface area contributed by atoms with Gasteiger partial charge in [0.05, 0.1) is 16.3 Å². The first-order chi connectivity index (χ1) is 12.4. The van der Waals surface area contributed by atoms with Gasteiger partial charge in [0.25, 0.3) is 10.0 Å². The van der Waals surface area contributed by atoms with Crippen LogP contribution in [0, 0.1) is 0 Å². The minimum Gasteiger partial charge on any atom is -0.274 e. The Hall–Kier alpha value is -2.67. The number of carbonyl (C=O) groups is 2. The van der Waals surface area contributed by atoms with Gasteiger partial charge in [-0.05, 0) is 49.2 Å². The van der Waals surface area contributed by atoms with Crippen LogP contribution in [0.3, 0.4) is 0 Å². The summed E-state index contributed by atoms with van der Waals surface area (Å²) in [5, 5.41) is 0. The number of fused-ring (bicyclic) bond motifs is 1. The maximum atomic E-state index is 13.1. The number of amides is 2. The predicted molar refractivity (Wildman–Crippen MR) is 97.4 cm³/mol. The minimum absolute atomic E-state index is 0.142. The standard InChI is InChI=1S/C19H18N2O4S/c1-13-12-14-4-2-3-5-17(14)21(13)26(24,25)16-8-6-15(7-9-16)20-18(22)10-11-19(20)23/h2-9,13H,10-12H2,1H3/t13-/m1/s1.